The fourth-order valence-electron chi connectivity index (χ4n) is 0.515. The largest absolute Gasteiger partial charge is 0.198 e. The van der Waals surface area contributed by atoms with Crippen LogP contribution in [0.25, 0.3) is 0 Å². The third-order valence-corrected chi connectivity index (χ3v) is 1.45. The molecule has 0 amide bonds. The lowest BCUT2D eigenvalue weighted by Gasteiger charge is -2.01. The molecule has 0 fully saturated rings. The summed E-state index contributed by atoms with van der Waals surface area (Å²) in [5.74, 6) is 0.731. The number of hydrogen-bond acceptors (Lipinski definition) is 1. The maximum atomic E-state index is 8.16. The summed E-state index contributed by atoms with van der Waals surface area (Å²) in [6.07, 6.45) is 2.98. The molecule has 0 saturated heterocycles. The molecule has 0 N–H and O–H groups in total. The van der Waals surface area contributed by atoms with Gasteiger partial charge in [0.05, 0.1) is 6.07 Å². The van der Waals surface area contributed by atoms with Gasteiger partial charge >= 0.3 is 0 Å². The van der Waals surface area contributed by atoms with E-state index in [-0.39, 0.29) is 0 Å². The SMILES string of the molecule is CCC(C)CCC#N. The fraction of sp³-hybridized carbons (Fsp3) is 0.857. The van der Waals surface area contributed by atoms with Gasteiger partial charge in [0.15, 0.2) is 0 Å². The molecule has 0 aromatic rings. The first-order chi connectivity index (χ1) is 3.81. The van der Waals surface area contributed by atoms with Crippen molar-refractivity contribution in [1.82, 2.24) is 0 Å². The summed E-state index contributed by atoms with van der Waals surface area (Å²) in [5.41, 5.74) is 0. The van der Waals surface area contributed by atoms with Crippen molar-refractivity contribution in [3.8, 4) is 6.07 Å². The first kappa shape index (κ1) is 7.49. The van der Waals surface area contributed by atoms with Gasteiger partial charge in [-0.05, 0) is 12.3 Å². The number of nitriles is 1. The monoisotopic (exact) mass is 111 g/mol. The predicted octanol–water partition coefficient (Wildman–Crippen LogP) is 2.34. The molecule has 0 bridgehead atoms. The molecule has 0 aromatic carbocycles. The highest BCUT2D eigenvalue weighted by atomic mass is 14.2. The average Bonchev–Trinajstić information content (AvgIpc) is 1.83. The highest BCUT2D eigenvalue weighted by Gasteiger charge is 1.94. The van der Waals surface area contributed by atoms with Crippen LogP contribution in [0.3, 0.4) is 0 Å². The van der Waals surface area contributed by atoms with Crippen molar-refractivity contribution in [2.24, 2.45) is 5.92 Å². The minimum absolute atomic E-state index is 0.717. The second kappa shape index (κ2) is 4.64. The van der Waals surface area contributed by atoms with E-state index in [1.54, 1.807) is 0 Å². The Balaban J connectivity index is 3.01. The third kappa shape index (κ3) is 3.67. The van der Waals surface area contributed by atoms with E-state index in [1.165, 1.54) is 6.42 Å². The highest BCUT2D eigenvalue weighted by molar-refractivity contribution is 4.69. The Bertz CT molecular complexity index is 80.9. The molecule has 0 rings (SSSR count). The van der Waals surface area contributed by atoms with Gasteiger partial charge in [-0.2, -0.15) is 5.26 Å². The lowest BCUT2D eigenvalue weighted by molar-refractivity contribution is 0.524. The van der Waals surface area contributed by atoms with Crippen LogP contribution in [-0.4, -0.2) is 0 Å². The van der Waals surface area contributed by atoms with Gasteiger partial charge in [0.2, 0.25) is 0 Å². The average molecular weight is 111 g/mol. The van der Waals surface area contributed by atoms with Crippen molar-refractivity contribution in [3.05, 3.63) is 0 Å². The maximum Gasteiger partial charge on any atom is 0.0621 e. The molecule has 1 unspecified atom stereocenters. The fourth-order valence-corrected chi connectivity index (χ4v) is 0.515. The number of rotatable bonds is 3. The summed E-state index contributed by atoms with van der Waals surface area (Å²) in [6.45, 7) is 4.33. The lowest BCUT2D eigenvalue weighted by atomic mass is 10.0. The smallest absolute Gasteiger partial charge is 0.0621 e. The van der Waals surface area contributed by atoms with Gasteiger partial charge in [-0.25, -0.2) is 0 Å². The minimum atomic E-state index is 0.717. The summed E-state index contributed by atoms with van der Waals surface area (Å²) in [7, 11) is 0. The molecule has 0 radical (unpaired) electrons. The molecule has 0 aromatic heterocycles. The van der Waals surface area contributed by atoms with E-state index in [0.717, 1.165) is 18.8 Å². The summed E-state index contributed by atoms with van der Waals surface area (Å²) < 4.78 is 0. The van der Waals surface area contributed by atoms with E-state index in [1.807, 2.05) is 0 Å². The van der Waals surface area contributed by atoms with Crippen LogP contribution >= 0.6 is 0 Å². The Morgan fingerprint density at radius 2 is 2.25 bits per heavy atom. The normalized spacial score (nSPS) is 12.6. The Hall–Kier alpha value is -0.510. The van der Waals surface area contributed by atoms with Crippen molar-refractivity contribution in [1.29, 1.82) is 5.26 Å². The van der Waals surface area contributed by atoms with Gasteiger partial charge in [0.1, 0.15) is 0 Å². The topological polar surface area (TPSA) is 23.8 Å². The van der Waals surface area contributed by atoms with Gasteiger partial charge in [-0.15, -0.1) is 0 Å². The van der Waals surface area contributed by atoms with Crippen molar-refractivity contribution < 1.29 is 0 Å². The standard InChI is InChI=1S/C7H13N/c1-3-7(2)5-4-6-8/h7H,3-5H2,1-2H3. The summed E-state index contributed by atoms with van der Waals surface area (Å²) in [6, 6.07) is 2.13. The molecule has 0 aliphatic rings. The first-order valence-corrected chi connectivity index (χ1v) is 3.18. The Labute approximate surface area is 51.3 Å². The lowest BCUT2D eigenvalue weighted by Crippen LogP contribution is -1.89. The molecule has 0 heterocycles. The van der Waals surface area contributed by atoms with E-state index in [9.17, 15) is 0 Å². The summed E-state index contributed by atoms with van der Waals surface area (Å²) >= 11 is 0. The van der Waals surface area contributed by atoms with E-state index < -0.39 is 0 Å². The van der Waals surface area contributed by atoms with Crippen LogP contribution in [0.15, 0.2) is 0 Å². The van der Waals surface area contributed by atoms with Crippen LogP contribution < -0.4 is 0 Å². The van der Waals surface area contributed by atoms with Crippen molar-refractivity contribution in [3.63, 3.8) is 0 Å². The zero-order valence-electron chi connectivity index (χ0n) is 5.65. The van der Waals surface area contributed by atoms with Gasteiger partial charge in [0.25, 0.3) is 0 Å². The Kier molecular flexibility index (Phi) is 4.35. The van der Waals surface area contributed by atoms with Crippen LogP contribution in [0.5, 0.6) is 0 Å². The zero-order chi connectivity index (χ0) is 6.41. The van der Waals surface area contributed by atoms with E-state index in [0.29, 0.717) is 0 Å². The molecular formula is C7H13N. The number of hydrogen-bond donors (Lipinski definition) is 0. The second-order valence-electron chi connectivity index (χ2n) is 2.21. The van der Waals surface area contributed by atoms with Crippen LogP contribution in [0, 0.1) is 17.2 Å². The molecule has 0 aliphatic carbocycles. The molecule has 1 atom stereocenters. The Morgan fingerprint density at radius 3 is 2.62 bits per heavy atom. The van der Waals surface area contributed by atoms with Crippen molar-refractivity contribution in [2.45, 2.75) is 33.1 Å². The van der Waals surface area contributed by atoms with Gasteiger partial charge < -0.3 is 0 Å². The quantitative estimate of drug-likeness (QED) is 0.548. The third-order valence-electron chi connectivity index (χ3n) is 1.45. The van der Waals surface area contributed by atoms with Gasteiger partial charge in [-0.1, -0.05) is 20.3 Å². The molecule has 0 saturated carbocycles. The van der Waals surface area contributed by atoms with Crippen molar-refractivity contribution in [2.75, 3.05) is 0 Å². The maximum absolute atomic E-state index is 8.16. The van der Waals surface area contributed by atoms with Gasteiger partial charge in [0, 0.05) is 6.42 Å². The van der Waals surface area contributed by atoms with Crippen LogP contribution in [-0.2, 0) is 0 Å². The van der Waals surface area contributed by atoms with Gasteiger partial charge in [-0.3, -0.25) is 0 Å². The Morgan fingerprint density at radius 1 is 1.62 bits per heavy atom. The molecule has 1 heteroatoms. The highest BCUT2D eigenvalue weighted by Crippen LogP contribution is 2.07. The molecule has 0 aliphatic heterocycles. The van der Waals surface area contributed by atoms with E-state index in [4.69, 9.17) is 5.26 Å². The summed E-state index contributed by atoms with van der Waals surface area (Å²) in [5, 5.41) is 8.16. The zero-order valence-corrected chi connectivity index (χ0v) is 5.65. The van der Waals surface area contributed by atoms with E-state index >= 15 is 0 Å². The minimum Gasteiger partial charge on any atom is -0.198 e. The van der Waals surface area contributed by atoms with Crippen LogP contribution in [0.2, 0.25) is 0 Å². The second-order valence-corrected chi connectivity index (χ2v) is 2.21. The van der Waals surface area contributed by atoms with Crippen molar-refractivity contribution >= 4 is 0 Å². The number of nitrogens with zero attached hydrogens (tertiary/aromatic N) is 1. The molecular weight excluding hydrogens is 98.1 g/mol. The first-order valence-electron chi connectivity index (χ1n) is 3.18. The van der Waals surface area contributed by atoms with E-state index in [2.05, 4.69) is 19.9 Å². The summed E-state index contributed by atoms with van der Waals surface area (Å²) in [4.78, 5) is 0. The molecule has 0 spiro atoms. The molecule has 8 heavy (non-hydrogen) atoms. The molecule has 46 valence electrons. The van der Waals surface area contributed by atoms with Crippen LogP contribution in [0.1, 0.15) is 33.1 Å². The van der Waals surface area contributed by atoms with Crippen LogP contribution in [0.4, 0.5) is 0 Å². The molecule has 1 nitrogen and oxygen atoms in total. The predicted molar refractivity (Wildman–Crippen MR) is 34.3 cm³/mol.